The van der Waals surface area contributed by atoms with Crippen molar-refractivity contribution < 1.29 is 15.8 Å². The van der Waals surface area contributed by atoms with E-state index in [1.165, 1.54) is 6.42 Å². The first-order valence-electron chi connectivity index (χ1n) is 5.32. The van der Waals surface area contributed by atoms with Crippen molar-refractivity contribution in [1.29, 1.82) is 0 Å². The number of rotatable bonds is 7. The molecule has 84 valence electrons. The fourth-order valence-electron chi connectivity index (χ4n) is 1.22. The van der Waals surface area contributed by atoms with Crippen molar-refractivity contribution in [3.05, 3.63) is 29.3 Å². The van der Waals surface area contributed by atoms with Crippen molar-refractivity contribution in [3.8, 4) is 5.75 Å². The highest BCUT2D eigenvalue weighted by molar-refractivity contribution is 6.30. The van der Waals surface area contributed by atoms with Crippen LogP contribution < -0.4 is 15.8 Å². The Kier molecular flexibility index (Phi) is 6.16. The minimum Gasteiger partial charge on any atom is -0.488 e. The molecule has 0 bridgehead atoms. The van der Waals surface area contributed by atoms with Gasteiger partial charge in [0, 0.05) is 11.4 Å². The monoisotopic (exact) mass is 230 g/mol. The van der Waals surface area contributed by atoms with Gasteiger partial charge in [-0.05, 0) is 24.3 Å². The summed E-state index contributed by atoms with van der Waals surface area (Å²) in [5, 5.41) is 2.99. The number of hydrogen-bond donors (Lipinski definition) is 2. The summed E-state index contributed by atoms with van der Waals surface area (Å²) >= 11 is 5.76. The molecule has 0 aliphatic carbocycles. The Morgan fingerprint density at radius 1 is 1.20 bits per heavy atom. The van der Waals surface area contributed by atoms with Crippen molar-refractivity contribution in [3.63, 3.8) is 0 Å². The molecule has 0 unspecified atom stereocenters. The second-order valence-electron chi connectivity index (χ2n) is 3.38. The van der Waals surface area contributed by atoms with Gasteiger partial charge in [0.05, 0.1) is 13.1 Å². The van der Waals surface area contributed by atoms with Crippen molar-refractivity contribution in [1.82, 2.24) is 0 Å². The molecule has 1 rings (SSSR count). The van der Waals surface area contributed by atoms with Gasteiger partial charge in [-0.3, -0.25) is 0 Å². The van der Waals surface area contributed by atoms with Crippen LogP contribution in [0.4, 0.5) is 0 Å². The zero-order valence-corrected chi connectivity index (χ0v) is 9.67. The Balaban J connectivity index is 2.07. The molecule has 4 heteroatoms. The highest BCUT2D eigenvalue weighted by atomic mass is 35.5. The van der Waals surface area contributed by atoms with Crippen LogP contribution in [0.15, 0.2) is 24.3 Å². The van der Waals surface area contributed by atoms with Crippen LogP contribution in [0.2, 0.25) is 5.02 Å². The zero-order chi connectivity index (χ0) is 10.9. The largest absolute Gasteiger partial charge is 0.488 e. The molecular weight excluding hydrogens is 212 g/mol. The molecule has 0 saturated heterocycles. The van der Waals surface area contributed by atoms with Gasteiger partial charge >= 0.3 is 0 Å². The molecule has 0 spiro atoms. The van der Waals surface area contributed by atoms with E-state index >= 15 is 0 Å². The standard InChI is InChI=1S/C11H17ClN2O/c12-10-2-4-11(5-3-10)15-9-8-14-7-1-6-13/h2-5,14H,1,6-9,13H2/p+2. The van der Waals surface area contributed by atoms with Crippen LogP contribution in [-0.4, -0.2) is 26.2 Å². The maximum Gasteiger partial charge on any atom is 0.137 e. The highest BCUT2D eigenvalue weighted by Crippen LogP contribution is 2.14. The Morgan fingerprint density at radius 3 is 2.60 bits per heavy atom. The third-order valence-corrected chi connectivity index (χ3v) is 2.31. The third-order valence-electron chi connectivity index (χ3n) is 2.06. The summed E-state index contributed by atoms with van der Waals surface area (Å²) in [5.74, 6) is 0.880. The second-order valence-corrected chi connectivity index (χ2v) is 3.81. The van der Waals surface area contributed by atoms with Crippen molar-refractivity contribution in [2.24, 2.45) is 0 Å². The van der Waals surface area contributed by atoms with Crippen LogP contribution in [0.3, 0.4) is 0 Å². The summed E-state index contributed by atoms with van der Waals surface area (Å²) in [6.45, 7) is 3.86. The maximum absolute atomic E-state index is 5.76. The Morgan fingerprint density at radius 2 is 1.93 bits per heavy atom. The van der Waals surface area contributed by atoms with Crippen molar-refractivity contribution in [2.45, 2.75) is 6.42 Å². The molecular formula is C11H19ClN2O+2. The normalized spacial score (nSPS) is 10.3. The van der Waals surface area contributed by atoms with E-state index in [4.69, 9.17) is 16.3 Å². The van der Waals surface area contributed by atoms with Gasteiger partial charge in [0.15, 0.2) is 0 Å². The van der Waals surface area contributed by atoms with E-state index in [1.807, 2.05) is 24.3 Å². The number of halogens is 1. The lowest BCUT2D eigenvalue weighted by Crippen LogP contribution is -2.85. The third kappa shape index (κ3) is 5.62. The van der Waals surface area contributed by atoms with E-state index in [9.17, 15) is 0 Å². The van der Waals surface area contributed by atoms with Gasteiger partial charge in [-0.1, -0.05) is 11.6 Å². The first-order valence-corrected chi connectivity index (χ1v) is 5.70. The summed E-state index contributed by atoms with van der Waals surface area (Å²) < 4.78 is 5.54. The minimum absolute atomic E-state index is 0.735. The van der Waals surface area contributed by atoms with Gasteiger partial charge in [-0.15, -0.1) is 0 Å². The first-order chi connectivity index (χ1) is 7.33. The van der Waals surface area contributed by atoms with Crippen LogP contribution >= 0.6 is 11.6 Å². The van der Waals surface area contributed by atoms with E-state index < -0.39 is 0 Å². The fourth-order valence-corrected chi connectivity index (χ4v) is 1.35. The molecule has 0 radical (unpaired) electrons. The average Bonchev–Trinajstić information content (AvgIpc) is 2.26. The lowest BCUT2D eigenvalue weighted by molar-refractivity contribution is -0.657. The molecule has 0 aliphatic rings. The summed E-state index contributed by atoms with van der Waals surface area (Å²) in [7, 11) is 0. The predicted molar refractivity (Wildman–Crippen MR) is 61.0 cm³/mol. The lowest BCUT2D eigenvalue weighted by Gasteiger charge is -2.04. The Labute approximate surface area is 95.6 Å². The maximum atomic E-state index is 5.76. The summed E-state index contributed by atoms with van der Waals surface area (Å²) in [4.78, 5) is 0. The Bertz CT molecular complexity index is 264. The van der Waals surface area contributed by atoms with Crippen molar-refractivity contribution in [2.75, 3.05) is 26.2 Å². The number of ether oxygens (including phenoxy) is 1. The summed E-state index contributed by atoms with van der Waals surface area (Å²) in [6, 6.07) is 7.45. The lowest BCUT2D eigenvalue weighted by atomic mass is 10.3. The van der Waals surface area contributed by atoms with Crippen molar-refractivity contribution >= 4 is 11.6 Å². The van der Waals surface area contributed by atoms with Gasteiger partial charge in [0.1, 0.15) is 18.9 Å². The molecule has 0 amide bonds. The molecule has 0 heterocycles. The molecule has 1 aromatic rings. The Hall–Kier alpha value is -0.770. The molecule has 3 nitrogen and oxygen atoms in total. The van der Waals surface area contributed by atoms with Gasteiger partial charge in [-0.25, -0.2) is 0 Å². The molecule has 1 aromatic carbocycles. The highest BCUT2D eigenvalue weighted by Gasteiger charge is 1.95. The van der Waals surface area contributed by atoms with Crippen LogP contribution in [0.25, 0.3) is 0 Å². The predicted octanol–water partition coefficient (Wildman–Crippen LogP) is -0.0858. The van der Waals surface area contributed by atoms with Crippen LogP contribution in [0.1, 0.15) is 6.42 Å². The van der Waals surface area contributed by atoms with Crippen LogP contribution in [0, 0.1) is 0 Å². The number of benzene rings is 1. The van der Waals surface area contributed by atoms with E-state index in [1.54, 1.807) is 0 Å². The summed E-state index contributed by atoms with van der Waals surface area (Å²) in [5.41, 5.74) is 3.80. The van der Waals surface area contributed by atoms with Gasteiger partial charge in [0.25, 0.3) is 0 Å². The first kappa shape index (κ1) is 12.3. The van der Waals surface area contributed by atoms with E-state index in [0.717, 1.165) is 37.0 Å². The smallest absolute Gasteiger partial charge is 0.137 e. The van der Waals surface area contributed by atoms with Gasteiger partial charge in [0.2, 0.25) is 0 Å². The zero-order valence-electron chi connectivity index (χ0n) is 8.92. The molecule has 0 fully saturated rings. The fraction of sp³-hybridized carbons (Fsp3) is 0.455. The van der Waals surface area contributed by atoms with Crippen LogP contribution in [0.5, 0.6) is 5.75 Å². The second kappa shape index (κ2) is 7.51. The van der Waals surface area contributed by atoms with Crippen LogP contribution in [-0.2, 0) is 0 Å². The minimum atomic E-state index is 0.735. The topological polar surface area (TPSA) is 53.5 Å². The van der Waals surface area contributed by atoms with Gasteiger partial charge in [-0.2, -0.15) is 0 Å². The quantitative estimate of drug-likeness (QED) is 0.633. The molecule has 15 heavy (non-hydrogen) atoms. The van der Waals surface area contributed by atoms with E-state index in [0.29, 0.717) is 0 Å². The molecule has 0 atom stereocenters. The molecule has 0 saturated carbocycles. The molecule has 5 N–H and O–H groups in total. The number of nitrogens with two attached hydrogens (primary N) is 1. The summed E-state index contributed by atoms with van der Waals surface area (Å²) in [6.07, 6.45) is 1.17. The molecule has 0 aromatic heterocycles. The molecule has 0 aliphatic heterocycles. The SMILES string of the molecule is [NH3+]CCC[NH2+]CCOc1ccc(Cl)cc1. The van der Waals surface area contributed by atoms with E-state index in [2.05, 4.69) is 11.1 Å². The van der Waals surface area contributed by atoms with Gasteiger partial charge < -0.3 is 15.8 Å². The van der Waals surface area contributed by atoms with E-state index in [-0.39, 0.29) is 0 Å². The average molecular weight is 231 g/mol. The number of quaternary nitrogens is 2. The number of hydrogen-bond acceptors (Lipinski definition) is 1.